The van der Waals surface area contributed by atoms with E-state index in [0.717, 1.165) is 0 Å². The Morgan fingerprint density at radius 3 is 2.33 bits per heavy atom. The fourth-order valence-electron chi connectivity index (χ4n) is 0.257. The van der Waals surface area contributed by atoms with Crippen molar-refractivity contribution in [3.8, 4) is 0 Å². The molecule has 0 aromatic rings. The third kappa shape index (κ3) is 12.2. The van der Waals surface area contributed by atoms with E-state index in [-0.39, 0.29) is 45.9 Å². The average molecular weight is 210 g/mol. The molecule has 5 heteroatoms. The van der Waals surface area contributed by atoms with Crippen molar-refractivity contribution in [3.63, 3.8) is 0 Å². The molecule has 0 aromatic heterocycles. The van der Waals surface area contributed by atoms with Crippen molar-refractivity contribution in [2.75, 3.05) is 26.5 Å². The molecule has 0 aromatic carbocycles. The summed E-state index contributed by atoms with van der Waals surface area (Å²) < 4.78 is 15.8. The van der Waals surface area contributed by atoms with Gasteiger partial charge in [-0.3, -0.25) is 0 Å². The normalized spacial score (nSPS) is 8.67. The molecule has 53 valence electrons. The van der Waals surface area contributed by atoms with Gasteiger partial charge in [0, 0.05) is 39.3 Å². The van der Waals surface area contributed by atoms with Gasteiger partial charge in [-0.15, -0.1) is 0 Å². The third-order valence-corrected chi connectivity index (χ3v) is 0.551. The van der Waals surface area contributed by atoms with Crippen molar-refractivity contribution in [1.82, 2.24) is 0 Å². The van der Waals surface area contributed by atoms with Gasteiger partial charge in [-0.05, 0) is 0 Å². The van der Waals surface area contributed by atoms with E-state index in [4.69, 9.17) is 5.90 Å². The Morgan fingerprint density at radius 1 is 1.22 bits per heavy atom. The molecule has 0 spiro atoms. The second kappa shape index (κ2) is 11.7. The molecule has 0 fully saturated rings. The summed E-state index contributed by atoms with van der Waals surface area (Å²) >= 11 is 0. The Kier molecular flexibility index (Phi) is 16.3. The van der Waals surface area contributed by atoms with Crippen molar-refractivity contribution in [1.29, 1.82) is 0 Å². The van der Waals surface area contributed by atoms with Crippen molar-refractivity contribution in [2.24, 2.45) is 0 Å². The summed E-state index contributed by atoms with van der Waals surface area (Å²) in [6, 6.07) is 0. The van der Waals surface area contributed by atoms with Crippen LogP contribution in [0.2, 0.25) is 0 Å². The molecule has 9 heavy (non-hydrogen) atoms. The summed E-state index contributed by atoms with van der Waals surface area (Å²) in [6.07, 6.45) is 0. The van der Waals surface area contributed by atoms with Gasteiger partial charge in [-0.1, -0.05) is 0 Å². The van der Waals surface area contributed by atoms with Gasteiger partial charge in [0.1, 0.15) is 6.67 Å². The van der Waals surface area contributed by atoms with Crippen LogP contribution in [-0.2, 0) is 42.3 Å². The Balaban J connectivity index is 0. The minimum absolute atomic E-state index is 0. The van der Waals surface area contributed by atoms with Gasteiger partial charge in [0.2, 0.25) is 0 Å². The molecule has 0 unspecified atom stereocenters. The first-order chi connectivity index (χ1) is 3.91. The molecular formula is C4H9FNO2Y-. The van der Waals surface area contributed by atoms with Gasteiger partial charge in [-0.25, -0.2) is 4.39 Å². The minimum atomic E-state index is -0.474. The standard InChI is InChI=1S/C4H9FNO2.Y/c5-1-2-7-3-4-8-6;/h6H,1-4H2;/q-1;/i5-1;. The van der Waals surface area contributed by atoms with Gasteiger partial charge in [0.25, 0.3) is 0 Å². The van der Waals surface area contributed by atoms with Crippen molar-refractivity contribution in [3.05, 3.63) is 5.90 Å². The maximum absolute atomic E-state index is 11.2. The Labute approximate surface area is 78.9 Å². The molecule has 0 saturated heterocycles. The molecule has 1 radical (unpaired) electrons. The summed E-state index contributed by atoms with van der Waals surface area (Å²) in [5, 5.41) is 0. The molecular weight excluding hydrogens is 201 g/mol. The molecule has 0 aliphatic heterocycles. The fourth-order valence-corrected chi connectivity index (χ4v) is 0.257. The number of alkyl halides is 1. The number of ether oxygens (including phenoxy) is 1. The fraction of sp³-hybridized carbons (Fsp3) is 1.00. The first-order valence-electron chi connectivity index (χ1n) is 2.34. The van der Waals surface area contributed by atoms with Crippen molar-refractivity contribution >= 4 is 0 Å². The van der Waals surface area contributed by atoms with Crippen LogP contribution in [-0.4, -0.2) is 26.5 Å². The van der Waals surface area contributed by atoms with E-state index in [2.05, 4.69) is 9.57 Å². The minimum Gasteiger partial charge on any atom is -0.549 e. The average Bonchev–Trinajstić information content (AvgIpc) is 1.81. The summed E-state index contributed by atoms with van der Waals surface area (Å²) in [4.78, 5) is 3.89. The summed E-state index contributed by atoms with van der Waals surface area (Å²) in [5.74, 6) is 6.16. The van der Waals surface area contributed by atoms with Gasteiger partial charge in [0.05, 0.1) is 13.2 Å². The smallest absolute Gasteiger partial charge is 0.113 e. The van der Waals surface area contributed by atoms with Crippen molar-refractivity contribution < 1.29 is 46.7 Å². The molecule has 0 atom stereocenters. The first kappa shape index (κ1) is 12.6. The molecule has 0 aliphatic carbocycles. The molecule has 0 amide bonds. The van der Waals surface area contributed by atoms with E-state index in [9.17, 15) is 4.39 Å². The predicted octanol–water partition coefficient (Wildman–Crippen LogP) is 0.954. The van der Waals surface area contributed by atoms with Gasteiger partial charge in [-0.2, -0.15) is 0 Å². The summed E-state index contributed by atoms with van der Waals surface area (Å²) in [5.41, 5.74) is 0. The molecule has 0 bridgehead atoms. The number of nitrogens with one attached hydrogen (secondary N) is 1. The van der Waals surface area contributed by atoms with Crippen LogP contribution in [0.4, 0.5) is 4.39 Å². The zero-order valence-electron chi connectivity index (χ0n) is 5.10. The van der Waals surface area contributed by atoms with E-state index < -0.39 is 6.67 Å². The molecule has 0 rings (SSSR count). The monoisotopic (exact) mass is 210 g/mol. The Bertz CT molecular complexity index is 43.5. The van der Waals surface area contributed by atoms with Crippen LogP contribution < -0.4 is 0 Å². The zero-order valence-corrected chi connectivity index (χ0v) is 7.94. The number of halogens is 1. The molecule has 3 nitrogen and oxygen atoms in total. The number of rotatable bonds is 5. The van der Waals surface area contributed by atoms with Crippen LogP contribution in [0.1, 0.15) is 0 Å². The van der Waals surface area contributed by atoms with Crippen LogP contribution >= 0.6 is 0 Å². The summed E-state index contributed by atoms with van der Waals surface area (Å²) in [7, 11) is 0. The van der Waals surface area contributed by atoms with E-state index in [0.29, 0.717) is 6.61 Å². The van der Waals surface area contributed by atoms with Crippen LogP contribution in [0, 0.1) is 0 Å². The summed E-state index contributed by atoms with van der Waals surface area (Å²) in [6.45, 7) is 0.134. The third-order valence-electron chi connectivity index (χ3n) is 0.551. The largest absolute Gasteiger partial charge is 0.549 e. The molecule has 0 heterocycles. The first-order valence-corrected chi connectivity index (χ1v) is 2.34. The zero-order chi connectivity index (χ0) is 6.24. The second-order valence-electron chi connectivity index (χ2n) is 1.15. The van der Waals surface area contributed by atoms with Gasteiger partial charge >= 0.3 is 0 Å². The number of hydrogen-bond donors (Lipinski definition) is 0. The van der Waals surface area contributed by atoms with Crippen molar-refractivity contribution in [2.45, 2.75) is 0 Å². The Morgan fingerprint density at radius 2 is 1.89 bits per heavy atom. The van der Waals surface area contributed by atoms with Crippen LogP contribution in [0.25, 0.3) is 5.90 Å². The quantitative estimate of drug-likeness (QED) is 0.500. The van der Waals surface area contributed by atoms with Gasteiger partial charge < -0.3 is 15.5 Å². The van der Waals surface area contributed by atoms with E-state index in [1.165, 1.54) is 0 Å². The van der Waals surface area contributed by atoms with E-state index in [1.807, 2.05) is 0 Å². The van der Waals surface area contributed by atoms with Gasteiger partial charge in [0.15, 0.2) is 0 Å². The van der Waals surface area contributed by atoms with Crippen LogP contribution in [0.5, 0.6) is 0 Å². The SMILES string of the molecule is [NH-]OCCOCC[18F].[Y]. The topological polar surface area (TPSA) is 42.3 Å². The Hall–Kier alpha value is 0.914. The maximum atomic E-state index is 11.2. The van der Waals surface area contributed by atoms with Crippen LogP contribution in [0.15, 0.2) is 0 Å². The van der Waals surface area contributed by atoms with E-state index in [1.54, 1.807) is 0 Å². The molecule has 0 aliphatic rings. The number of hydrogen-bond acceptors (Lipinski definition) is 2. The second-order valence-corrected chi connectivity index (χ2v) is 1.15. The van der Waals surface area contributed by atoms with Crippen LogP contribution in [0.3, 0.4) is 0 Å². The predicted molar refractivity (Wildman–Crippen MR) is 27.1 cm³/mol. The maximum Gasteiger partial charge on any atom is 0.113 e. The molecule has 0 saturated carbocycles. The molecule has 1 N–H and O–H groups in total. The van der Waals surface area contributed by atoms with E-state index >= 15 is 0 Å².